The molecule has 0 aliphatic heterocycles. The summed E-state index contributed by atoms with van der Waals surface area (Å²) < 4.78 is 0. The van der Waals surface area contributed by atoms with Gasteiger partial charge in [-0.25, -0.2) is 0 Å². The van der Waals surface area contributed by atoms with Gasteiger partial charge in [0.05, 0.1) is 0 Å². The van der Waals surface area contributed by atoms with Gasteiger partial charge in [0.25, 0.3) is 0 Å². The van der Waals surface area contributed by atoms with Gasteiger partial charge in [0.1, 0.15) is 0 Å². The number of hydrogen-bond donors (Lipinski definition) is 0. The van der Waals surface area contributed by atoms with Gasteiger partial charge in [-0.3, -0.25) is 0 Å². The summed E-state index contributed by atoms with van der Waals surface area (Å²) in [6.45, 7) is 2.12. The zero-order valence-corrected chi connectivity index (χ0v) is 14.4. The van der Waals surface area contributed by atoms with Gasteiger partial charge in [0.15, 0.2) is 0 Å². The molecule has 0 amide bonds. The summed E-state index contributed by atoms with van der Waals surface area (Å²) in [6, 6.07) is 22.1. The van der Waals surface area contributed by atoms with Crippen LogP contribution in [0.3, 0.4) is 0 Å². The molecule has 3 aromatic rings. The third-order valence-electron chi connectivity index (χ3n) is 3.01. The van der Waals surface area contributed by atoms with E-state index in [0.29, 0.717) is 0 Å². The Morgan fingerprint density at radius 2 is 1.53 bits per heavy atom. The molecule has 0 nitrogen and oxygen atoms in total. The van der Waals surface area contributed by atoms with Gasteiger partial charge < -0.3 is 0 Å². The maximum Gasteiger partial charge on any atom is 0.0180 e. The molecule has 19 heavy (non-hydrogen) atoms. The van der Waals surface area contributed by atoms with E-state index in [4.69, 9.17) is 0 Å². The molecule has 2 aromatic carbocycles. The fourth-order valence-corrected chi connectivity index (χ4v) is 2.96. The van der Waals surface area contributed by atoms with E-state index in [2.05, 4.69) is 60.8 Å². The fourth-order valence-electron chi connectivity index (χ4n) is 2.03. The van der Waals surface area contributed by atoms with E-state index in [-0.39, 0.29) is 32.7 Å². The van der Waals surface area contributed by atoms with Crippen molar-refractivity contribution in [1.82, 2.24) is 0 Å². The average Bonchev–Trinajstić information content (AvgIpc) is 2.90. The van der Waals surface area contributed by atoms with E-state index in [1.54, 1.807) is 11.3 Å². The Kier molecular flexibility index (Phi) is 5.09. The van der Waals surface area contributed by atoms with Crippen molar-refractivity contribution in [2.75, 3.05) is 0 Å². The van der Waals surface area contributed by atoms with E-state index in [1.165, 1.54) is 27.1 Å². The topological polar surface area (TPSA) is 0 Å². The van der Waals surface area contributed by atoms with Gasteiger partial charge in [0.2, 0.25) is 0 Å². The summed E-state index contributed by atoms with van der Waals surface area (Å²) in [6.07, 6.45) is 0. The summed E-state index contributed by atoms with van der Waals surface area (Å²) in [5, 5.41) is 2.15. The first-order valence-electron chi connectivity index (χ1n) is 5.95. The number of benzene rings is 2. The van der Waals surface area contributed by atoms with Crippen molar-refractivity contribution in [1.29, 1.82) is 0 Å². The summed E-state index contributed by atoms with van der Waals surface area (Å²) in [4.78, 5) is 1.33. The van der Waals surface area contributed by atoms with Crippen molar-refractivity contribution in [3.05, 3.63) is 71.6 Å². The van der Waals surface area contributed by atoms with Crippen LogP contribution in [0.5, 0.6) is 0 Å². The number of rotatable bonds is 2. The van der Waals surface area contributed by atoms with Crippen LogP contribution < -0.4 is 0 Å². The minimum atomic E-state index is 0. The minimum absolute atomic E-state index is 0. The van der Waals surface area contributed by atoms with Crippen LogP contribution in [0.2, 0.25) is 0 Å². The van der Waals surface area contributed by atoms with Crippen molar-refractivity contribution in [2.45, 2.75) is 6.92 Å². The van der Waals surface area contributed by atoms with Crippen molar-refractivity contribution in [3.63, 3.8) is 0 Å². The first-order valence-corrected chi connectivity index (χ1v) is 6.83. The maximum absolute atomic E-state index is 3.07. The third-order valence-corrected chi connectivity index (χ3v) is 3.97. The Balaban J connectivity index is 0.00000133. The Labute approximate surface area is 143 Å². The molecule has 3 rings (SSSR count). The van der Waals surface area contributed by atoms with E-state index in [9.17, 15) is 0 Å². The zero-order valence-electron chi connectivity index (χ0n) is 10.8. The van der Waals surface area contributed by atoms with Crippen LogP contribution in [0.25, 0.3) is 21.6 Å². The molecule has 91 valence electrons. The van der Waals surface area contributed by atoms with Gasteiger partial charge in [0, 0.05) is 37.6 Å². The van der Waals surface area contributed by atoms with Gasteiger partial charge in [-0.2, -0.15) is 30.3 Å². The SMILES string of the molecule is Cc1ccc(-c2ccsc2-c2cc[c-]cc2)cc1.[Y]. The van der Waals surface area contributed by atoms with Gasteiger partial charge in [-0.05, 0) is 29.5 Å². The molecule has 2 heteroatoms. The van der Waals surface area contributed by atoms with Gasteiger partial charge >= 0.3 is 0 Å². The second-order valence-electron chi connectivity index (χ2n) is 4.32. The van der Waals surface area contributed by atoms with Crippen molar-refractivity contribution < 1.29 is 32.7 Å². The van der Waals surface area contributed by atoms with Crippen LogP contribution in [-0.4, -0.2) is 0 Å². The smallest absolute Gasteiger partial charge is 0.0180 e. The van der Waals surface area contributed by atoms with E-state index < -0.39 is 0 Å². The quantitative estimate of drug-likeness (QED) is 0.564. The summed E-state index contributed by atoms with van der Waals surface area (Å²) in [7, 11) is 0. The molecule has 0 spiro atoms. The largest absolute Gasteiger partial charge is 0.184 e. The average molecular weight is 338 g/mol. The molecule has 0 atom stereocenters. The molecule has 0 fully saturated rings. The predicted octanol–water partition coefficient (Wildman–Crippen LogP) is 5.19. The van der Waals surface area contributed by atoms with Gasteiger partial charge in [-0.15, -0.1) is 16.9 Å². The summed E-state index contributed by atoms with van der Waals surface area (Å²) in [5.41, 5.74) is 5.15. The molecule has 1 heterocycles. The molecule has 0 saturated carbocycles. The van der Waals surface area contributed by atoms with Crippen molar-refractivity contribution in [3.8, 4) is 21.6 Å². The Hall–Kier alpha value is -0.756. The molecule has 1 radical (unpaired) electrons. The molecule has 0 aliphatic carbocycles. The normalized spacial score (nSPS) is 9.95. The molecule has 0 unspecified atom stereocenters. The second kappa shape index (κ2) is 6.61. The van der Waals surface area contributed by atoms with Crippen molar-refractivity contribution in [2.24, 2.45) is 0 Å². The predicted molar refractivity (Wildman–Crippen MR) is 78.8 cm³/mol. The number of aryl methyl sites for hydroxylation is 1. The van der Waals surface area contributed by atoms with Gasteiger partial charge in [-0.1, -0.05) is 29.8 Å². The van der Waals surface area contributed by atoms with Crippen LogP contribution >= 0.6 is 11.3 Å². The molecule has 0 aliphatic rings. The molecule has 0 bridgehead atoms. The first kappa shape index (κ1) is 14.6. The first-order chi connectivity index (χ1) is 8.84. The van der Waals surface area contributed by atoms with E-state index in [1.807, 2.05) is 12.1 Å². The Morgan fingerprint density at radius 3 is 2.21 bits per heavy atom. The van der Waals surface area contributed by atoms with Crippen LogP contribution in [0.1, 0.15) is 5.56 Å². The van der Waals surface area contributed by atoms with Crippen molar-refractivity contribution >= 4 is 11.3 Å². The summed E-state index contributed by atoms with van der Waals surface area (Å²) in [5.74, 6) is 0. The molecule has 0 saturated heterocycles. The molecule has 0 N–H and O–H groups in total. The van der Waals surface area contributed by atoms with E-state index in [0.717, 1.165) is 0 Å². The molecular formula is C17H13SY-. The monoisotopic (exact) mass is 338 g/mol. The molecular weight excluding hydrogens is 325 g/mol. The minimum Gasteiger partial charge on any atom is -0.184 e. The van der Waals surface area contributed by atoms with Crippen LogP contribution in [0.15, 0.2) is 60.0 Å². The number of thiophene rings is 1. The van der Waals surface area contributed by atoms with Crippen LogP contribution in [0, 0.1) is 13.0 Å². The maximum atomic E-state index is 3.07. The number of hydrogen-bond acceptors (Lipinski definition) is 1. The second-order valence-corrected chi connectivity index (χ2v) is 5.23. The summed E-state index contributed by atoms with van der Waals surface area (Å²) >= 11 is 1.79. The molecule has 1 aromatic heterocycles. The zero-order chi connectivity index (χ0) is 12.4. The van der Waals surface area contributed by atoms with Crippen LogP contribution in [0.4, 0.5) is 0 Å². The van der Waals surface area contributed by atoms with E-state index >= 15 is 0 Å². The van der Waals surface area contributed by atoms with Crippen LogP contribution in [-0.2, 0) is 32.7 Å². The third kappa shape index (κ3) is 3.23. The Bertz CT molecular complexity index is 639. The standard InChI is InChI=1S/C17H13S.Y/c1-13-7-9-14(10-8-13)16-11-12-18-17(16)15-5-3-2-4-6-15;/h3-12H,1H3;/q-1;. The Morgan fingerprint density at radius 1 is 0.842 bits per heavy atom. The fraction of sp³-hybridized carbons (Fsp3) is 0.0588.